The van der Waals surface area contributed by atoms with E-state index in [1.54, 1.807) is 0 Å². The van der Waals surface area contributed by atoms with Gasteiger partial charge in [0.1, 0.15) is 11.6 Å². The van der Waals surface area contributed by atoms with E-state index >= 15 is 0 Å². The van der Waals surface area contributed by atoms with Crippen molar-refractivity contribution in [2.75, 3.05) is 11.0 Å². The average Bonchev–Trinajstić information content (AvgIpc) is 2.93. The number of alkyl halides is 1. The van der Waals surface area contributed by atoms with Crippen LogP contribution in [0.15, 0.2) is 48.5 Å². The number of benzene rings is 2. The molecule has 0 saturated carbocycles. The van der Waals surface area contributed by atoms with Crippen molar-refractivity contribution in [3.8, 4) is 0 Å². The molecule has 1 fully saturated rings. The van der Waals surface area contributed by atoms with Gasteiger partial charge in [-0.15, -0.1) is 0 Å². The van der Waals surface area contributed by atoms with E-state index in [-0.39, 0.29) is 5.92 Å². The third kappa shape index (κ3) is 3.04. The monoisotopic (exact) mass is 414 g/mol. The second kappa shape index (κ2) is 6.62. The maximum atomic E-state index is 14.3. The summed E-state index contributed by atoms with van der Waals surface area (Å²) in [4.78, 5) is 0. The molecule has 1 saturated heterocycles. The number of ether oxygens (including phenoxy) is 1. The summed E-state index contributed by atoms with van der Waals surface area (Å²) in [5.41, 5.74) is 1.03. The Balaban J connectivity index is 1.94. The van der Waals surface area contributed by atoms with E-state index in [2.05, 4.69) is 34.7 Å². The maximum Gasteiger partial charge on any atom is 0.132 e. The van der Waals surface area contributed by atoms with Crippen LogP contribution in [-0.4, -0.2) is 11.0 Å². The molecule has 3 rings (SSSR count). The van der Waals surface area contributed by atoms with Gasteiger partial charge in [-0.1, -0.05) is 59.0 Å². The standard InChI is InChI=1S/C18H17F2IO/c19-15-6-7-16(17(20)10-15)18(8-9-21)11-14(12-22-18)13-4-2-1-3-5-13/h1-7,10,14H,8-9,11-12H2. The molecule has 1 aliphatic rings. The first-order chi connectivity index (χ1) is 10.6. The van der Waals surface area contributed by atoms with Gasteiger partial charge < -0.3 is 4.74 Å². The Labute approximate surface area is 142 Å². The van der Waals surface area contributed by atoms with Crippen LogP contribution in [0.1, 0.15) is 29.9 Å². The van der Waals surface area contributed by atoms with Crippen LogP contribution < -0.4 is 0 Å². The van der Waals surface area contributed by atoms with Gasteiger partial charge in [-0.25, -0.2) is 8.78 Å². The average molecular weight is 414 g/mol. The van der Waals surface area contributed by atoms with Crippen LogP contribution in [0.25, 0.3) is 0 Å². The van der Waals surface area contributed by atoms with E-state index in [9.17, 15) is 8.78 Å². The third-order valence-corrected chi connectivity index (χ3v) is 4.87. The first-order valence-corrected chi connectivity index (χ1v) is 8.87. The maximum absolute atomic E-state index is 14.3. The van der Waals surface area contributed by atoms with Crippen LogP contribution >= 0.6 is 22.6 Å². The number of hydrogen-bond donors (Lipinski definition) is 0. The van der Waals surface area contributed by atoms with Crippen molar-refractivity contribution in [3.63, 3.8) is 0 Å². The molecule has 1 aliphatic heterocycles. The predicted octanol–water partition coefficient (Wildman–Crippen LogP) is 5.19. The summed E-state index contributed by atoms with van der Waals surface area (Å²) >= 11 is 2.28. The fraction of sp³-hybridized carbons (Fsp3) is 0.333. The molecule has 0 radical (unpaired) electrons. The lowest BCUT2D eigenvalue weighted by Crippen LogP contribution is -2.27. The Morgan fingerprint density at radius 2 is 1.91 bits per heavy atom. The van der Waals surface area contributed by atoms with Gasteiger partial charge in [-0.3, -0.25) is 0 Å². The molecule has 0 aromatic heterocycles. The topological polar surface area (TPSA) is 9.23 Å². The molecule has 0 aliphatic carbocycles. The number of rotatable bonds is 4. The van der Waals surface area contributed by atoms with Gasteiger partial charge in [0.25, 0.3) is 0 Å². The van der Waals surface area contributed by atoms with Crippen LogP contribution in [0.5, 0.6) is 0 Å². The highest BCUT2D eigenvalue weighted by atomic mass is 127. The van der Waals surface area contributed by atoms with Crippen LogP contribution in [0.4, 0.5) is 8.78 Å². The van der Waals surface area contributed by atoms with E-state index < -0.39 is 17.2 Å². The summed E-state index contributed by atoms with van der Waals surface area (Å²) in [5, 5.41) is 0. The fourth-order valence-corrected chi connectivity index (χ4v) is 4.09. The van der Waals surface area contributed by atoms with Crippen molar-refractivity contribution < 1.29 is 13.5 Å². The molecule has 2 unspecified atom stereocenters. The SMILES string of the molecule is Fc1ccc(C2(CCI)CC(c3ccccc3)CO2)c(F)c1. The molecular formula is C18H17F2IO. The Kier molecular flexibility index (Phi) is 4.78. The Bertz CT molecular complexity index is 647. The minimum atomic E-state index is -0.653. The molecule has 4 heteroatoms. The zero-order valence-electron chi connectivity index (χ0n) is 12.1. The summed E-state index contributed by atoms with van der Waals surface area (Å²) in [7, 11) is 0. The van der Waals surface area contributed by atoms with E-state index in [1.165, 1.54) is 17.7 Å². The predicted molar refractivity (Wildman–Crippen MR) is 91.3 cm³/mol. The highest BCUT2D eigenvalue weighted by Gasteiger charge is 2.43. The number of halogens is 3. The molecule has 0 bridgehead atoms. The fourth-order valence-electron chi connectivity index (χ4n) is 3.22. The highest BCUT2D eigenvalue weighted by molar-refractivity contribution is 14.1. The van der Waals surface area contributed by atoms with Crippen molar-refractivity contribution in [1.29, 1.82) is 0 Å². The van der Waals surface area contributed by atoms with Crippen molar-refractivity contribution >= 4 is 22.6 Å². The van der Waals surface area contributed by atoms with Gasteiger partial charge in [-0.05, 0) is 24.5 Å². The minimum absolute atomic E-state index is 0.244. The molecule has 0 N–H and O–H groups in total. The van der Waals surface area contributed by atoms with Crippen molar-refractivity contribution in [1.82, 2.24) is 0 Å². The molecule has 2 aromatic rings. The molecular weight excluding hydrogens is 397 g/mol. The Morgan fingerprint density at radius 3 is 2.59 bits per heavy atom. The van der Waals surface area contributed by atoms with E-state index in [1.807, 2.05) is 18.2 Å². The van der Waals surface area contributed by atoms with Crippen LogP contribution in [0, 0.1) is 11.6 Å². The Morgan fingerprint density at radius 1 is 1.14 bits per heavy atom. The van der Waals surface area contributed by atoms with Gasteiger partial charge in [0, 0.05) is 22.0 Å². The lowest BCUT2D eigenvalue weighted by atomic mass is 9.82. The first-order valence-electron chi connectivity index (χ1n) is 7.35. The summed E-state index contributed by atoms with van der Waals surface area (Å²) < 4.78 is 34.4. The van der Waals surface area contributed by atoms with Gasteiger partial charge >= 0.3 is 0 Å². The highest BCUT2D eigenvalue weighted by Crippen LogP contribution is 2.46. The minimum Gasteiger partial charge on any atom is -0.369 e. The van der Waals surface area contributed by atoms with E-state index in [0.29, 0.717) is 12.2 Å². The Hall–Kier alpha value is -1.01. The van der Waals surface area contributed by atoms with E-state index in [4.69, 9.17) is 4.74 Å². The second-order valence-electron chi connectivity index (χ2n) is 5.68. The molecule has 1 nitrogen and oxygen atoms in total. The second-order valence-corrected chi connectivity index (χ2v) is 6.76. The number of hydrogen-bond acceptors (Lipinski definition) is 1. The van der Waals surface area contributed by atoms with Crippen LogP contribution in [0.3, 0.4) is 0 Å². The normalized spacial score (nSPS) is 24.6. The lowest BCUT2D eigenvalue weighted by molar-refractivity contribution is -0.00473. The first kappa shape index (κ1) is 15.9. The van der Waals surface area contributed by atoms with Gasteiger partial charge in [0.05, 0.1) is 12.2 Å². The zero-order chi connectivity index (χ0) is 15.6. The largest absolute Gasteiger partial charge is 0.369 e. The zero-order valence-corrected chi connectivity index (χ0v) is 14.2. The van der Waals surface area contributed by atoms with Crippen molar-refractivity contribution in [3.05, 3.63) is 71.3 Å². The molecule has 2 aromatic carbocycles. The van der Waals surface area contributed by atoms with E-state index in [0.717, 1.165) is 23.3 Å². The molecule has 22 heavy (non-hydrogen) atoms. The van der Waals surface area contributed by atoms with Gasteiger partial charge in [0.15, 0.2) is 0 Å². The lowest BCUT2D eigenvalue weighted by Gasteiger charge is -2.29. The summed E-state index contributed by atoms with van der Waals surface area (Å²) in [6.07, 6.45) is 1.45. The van der Waals surface area contributed by atoms with Crippen LogP contribution in [0.2, 0.25) is 0 Å². The molecule has 116 valence electrons. The quantitative estimate of drug-likeness (QED) is 0.495. The van der Waals surface area contributed by atoms with Gasteiger partial charge in [0.2, 0.25) is 0 Å². The van der Waals surface area contributed by atoms with Gasteiger partial charge in [-0.2, -0.15) is 0 Å². The smallest absolute Gasteiger partial charge is 0.132 e. The molecule has 0 spiro atoms. The third-order valence-electron chi connectivity index (χ3n) is 4.33. The van der Waals surface area contributed by atoms with Crippen molar-refractivity contribution in [2.24, 2.45) is 0 Å². The summed E-state index contributed by atoms with van der Waals surface area (Å²) in [6, 6.07) is 13.9. The molecule has 2 atom stereocenters. The summed E-state index contributed by atoms with van der Waals surface area (Å²) in [5.74, 6) is -0.823. The molecule has 1 heterocycles. The van der Waals surface area contributed by atoms with Crippen molar-refractivity contribution in [2.45, 2.75) is 24.4 Å². The van der Waals surface area contributed by atoms with Crippen LogP contribution in [-0.2, 0) is 10.3 Å². The molecule has 0 amide bonds. The summed E-state index contributed by atoms with van der Waals surface area (Å²) in [6.45, 7) is 0.567.